The Morgan fingerprint density at radius 3 is 1.56 bits per heavy atom. The second kappa shape index (κ2) is 4.87. The monoisotopic (exact) mass is 262 g/mol. The molecular formula is C10H14O4S2. The molecule has 2 fully saturated rings. The molecule has 2 aliphatic heterocycles. The zero-order valence-electron chi connectivity index (χ0n) is 9.17. The van der Waals surface area contributed by atoms with Crippen molar-refractivity contribution in [2.45, 2.75) is 37.6 Å². The lowest BCUT2D eigenvalue weighted by Gasteiger charge is -2.16. The molecule has 0 spiro atoms. The van der Waals surface area contributed by atoms with E-state index in [9.17, 15) is 9.59 Å². The molecule has 0 amide bonds. The predicted octanol–water partition coefficient (Wildman–Crippen LogP) is 2.19. The van der Waals surface area contributed by atoms with Crippen LogP contribution in [0.1, 0.15) is 26.7 Å². The Morgan fingerprint density at radius 1 is 0.938 bits per heavy atom. The van der Waals surface area contributed by atoms with Gasteiger partial charge in [0.2, 0.25) is 0 Å². The van der Waals surface area contributed by atoms with Crippen molar-refractivity contribution in [1.29, 1.82) is 0 Å². The first-order chi connectivity index (χ1) is 7.56. The van der Waals surface area contributed by atoms with Gasteiger partial charge in [-0.1, -0.05) is 13.8 Å². The number of rotatable bonds is 3. The van der Waals surface area contributed by atoms with E-state index in [4.69, 9.17) is 9.47 Å². The number of carbonyl (C=O) groups is 2. The summed E-state index contributed by atoms with van der Waals surface area (Å²) < 4.78 is 10.3. The molecule has 4 nitrogen and oxygen atoms in total. The van der Waals surface area contributed by atoms with Crippen LogP contribution in [0.25, 0.3) is 0 Å². The molecule has 0 radical (unpaired) electrons. The third-order valence-electron chi connectivity index (χ3n) is 2.65. The van der Waals surface area contributed by atoms with Crippen molar-refractivity contribution in [3.63, 3.8) is 0 Å². The van der Waals surface area contributed by atoms with Crippen molar-refractivity contribution in [3.8, 4) is 0 Å². The average Bonchev–Trinajstić information content (AvgIpc) is 2.66. The quantitative estimate of drug-likeness (QED) is 0.574. The van der Waals surface area contributed by atoms with E-state index in [1.807, 2.05) is 13.8 Å². The van der Waals surface area contributed by atoms with E-state index in [2.05, 4.69) is 0 Å². The van der Waals surface area contributed by atoms with Crippen molar-refractivity contribution < 1.29 is 19.1 Å². The van der Waals surface area contributed by atoms with Gasteiger partial charge < -0.3 is 9.47 Å². The Balaban J connectivity index is 1.79. The molecule has 6 heteroatoms. The van der Waals surface area contributed by atoms with Crippen LogP contribution in [0.5, 0.6) is 0 Å². The summed E-state index contributed by atoms with van der Waals surface area (Å²) in [7, 11) is 2.99. The number of carbonyl (C=O) groups excluding carboxylic acids is 2. The lowest BCUT2D eigenvalue weighted by atomic mass is 10.2. The van der Waals surface area contributed by atoms with Gasteiger partial charge >= 0.3 is 11.9 Å². The Labute approximate surface area is 102 Å². The first-order valence-electron chi connectivity index (χ1n) is 5.27. The number of cyclic esters (lactones) is 2. The van der Waals surface area contributed by atoms with Gasteiger partial charge in [-0.05, 0) is 21.6 Å². The van der Waals surface area contributed by atoms with E-state index in [-0.39, 0.29) is 34.6 Å². The second-order valence-electron chi connectivity index (χ2n) is 4.27. The van der Waals surface area contributed by atoms with Crippen LogP contribution >= 0.6 is 21.6 Å². The molecule has 0 aromatic rings. The SMILES string of the molecule is CC1CC(=O)OC1SSC1OC(=O)CC1C. The lowest BCUT2D eigenvalue weighted by Crippen LogP contribution is -2.11. The van der Waals surface area contributed by atoms with E-state index >= 15 is 0 Å². The zero-order chi connectivity index (χ0) is 11.7. The van der Waals surface area contributed by atoms with Gasteiger partial charge in [-0.25, -0.2) is 0 Å². The fourth-order valence-electron chi connectivity index (χ4n) is 1.64. The molecule has 16 heavy (non-hydrogen) atoms. The summed E-state index contributed by atoms with van der Waals surface area (Å²) in [5.41, 5.74) is -0.215. The third-order valence-corrected chi connectivity index (χ3v) is 5.73. The van der Waals surface area contributed by atoms with Crippen LogP contribution in [-0.4, -0.2) is 22.8 Å². The number of hydrogen-bond donors (Lipinski definition) is 0. The minimum absolute atomic E-state index is 0.107. The summed E-state index contributed by atoms with van der Waals surface area (Å²) in [6.07, 6.45) is 0.969. The fourth-order valence-corrected chi connectivity index (χ4v) is 4.76. The summed E-state index contributed by atoms with van der Waals surface area (Å²) in [5.74, 6) is 0.193. The van der Waals surface area contributed by atoms with E-state index < -0.39 is 0 Å². The van der Waals surface area contributed by atoms with Gasteiger partial charge in [0.1, 0.15) is 0 Å². The maximum absolute atomic E-state index is 11.0. The first-order valence-corrected chi connectivity index (χ1v) is 7.55. The van der Waals surface area contributed by atoms with Crippen LogP contribution in [0, 0.1) is 11.8 Å². The van der Waals surface area contributed by atoms with Gasteiger partial charge in [0.15, 0.2) is 10.9 Å². The Bertz CT molecular complexity index is 277. The normalized spacial score (nSPS) is 38.6. The molecule has 2 saturated heterocycles. The largest absolute Gasteiger partial charge is 0.450 e. The second-order valence-corrected chi connectivity index (χ2v) is 6.74. The van der Waals surface area contributed by atoms with Crippen molar-refractivity contribution in [3.05, 3.63) is 0 Å². The van der Waals surface area contributed by atoms with Crippen molar-refractivity contribution in [2.24, 2.45) is 11.8 Å². The highest BCUT2D eigenvalue weighted by Gasteiger charge is 2.36. The molecule has 4 atom stereocenters. The Morgan fingerprint density at radius 2 is 1.31 bits per heavy atom. The number of hydrogen-bond acceptors (Lipinski definition) is 6. The van der Waals surface area contributed by atoms with Gasteiger partial charge in [0.25, 0.3) is 0 Å². The van der Waals surface area contributed by atoms with Gasteiger partial charge in [-0.2, -0.15) is 0 Å². The highest BCUT2D eigenvalue weighted by Crippen LogP contribution is 2.44. The smallest absolute Gasteiger partial charge is 0.307 e. The van der Waals surface area contributed by atoms with Crippen LogP contribution in [-0.2, 0) is 19.1 Å². The minimum atomic E-state index is -0.137. The predicted molar refractivity (Wildman–Crippen MR) is 62.5 cm³/mol. The molecule has 2 aliphatic rings. The number of esters is 2. The van der Waals surface area contributed by atoms with E-state index in [0.29, 0.717) is 12.8 Å². The minimum Gasteiger partial charge on any atom is -0.450 e. The molecule has 0 aromatic heterocycles. The molecule has 90 valence electrons. The summed E-state index contributed by atoms with van der Waals surface area (Å²) in [6.45, 7) is 3.99. The molecular weight excluding hydrogens is 248 g/mol. The highest BCUT2D eigenvalue weighted by molar-refractivity contribution is 8.77. The van der Waals surface area contributed by atoms with Gasteiger partial charge in [-0.3, -0.25) is 9.59 Å². The fraction of sp³-hybridized carbons (Fsp3) is 0.800. The summed E-state index contributed by atoms with van der Waals surface area (Å²) in [5, 5.41) is 0. The average molecular weight is 262 g/mol. The van der Waals surface area contributed by atoms with E-state index in [1.54, 1.807) is 0 Å². The van der Waals surface area contributed by atoms with Crippen LogP contribution in [0.15, 0.2) is 0 Å². The molecule has 0 bridgehead atoms. The first kappa shape index (κ1) is 12.1. The van der Waals surface area contributed by atoms with E-state index in [1.165, 1.54) is 21.6 Å². The summed E-state index contributed by atoms with van der Waals surface area (Å²) >= 11 is 0. The van der Waals surface area contributed by atoms with Crippen molar-refractivity contribution in [2.75, 3.05) is 0 Å². The van der Waals surface area contributed by atoms with E-state index in [0.717, 1.165) is 0 Å². The molecule has 0 N–H and O–H groups in total. The molecule has 0 aromatic carbocycles. The summed E-state index contributed by atoms with van der Waals surface area (Å²) in [6, 6.07) is 0. The molecule has 0 saturated carbocycles. The molecule has 2 rings (SSSR count). The Kier molecular flexibility index (Phi) is 3.69. The van der Waals surface area contributed by atoms with Crippen molar-refractivity contribution in [1.82, 2.24) is 0 Å². The van der Waals surface area contributed by atoms with Crippen LogP contribution in [0.3, 0.4) is 0 Å². The molecule has 4 unspecified atom stereocenters. The van der Waals surface area contributed by atoms with Crippen LogP contribution in [0.2, 0.25) is 0 Å². The third kappa shape index (κ3) is 2.66. The number of ether oxygens (including phenoxy) is 2. The lowest BCUT2D eigenvalue weighted by molar-refractivity contribution is -0.139. The maximum Gasteiger partial charge on any atom is 0.307 e. The van der Waals surface area contributed by atoms with Crippen LogP contribution in [0.4, 0.5) is 0 Å². The van der Waals surface area contributed by atoms with Gasteiger partial charge in [0, 0.05) is 11.8 Å². The Hall–Kier alpha value is -0.360. The molecule has 2 heterocycles. The maximum atomic E-state index is 11.0. The zero-order valence-corrected chi connectivity index (χ0v) is 10.8. The van der Waals surface area contributed by atoms with Gasteiger partial charge in [-0.15, -0.1) is 0 Å². The standard InChI is InChI=1S/C10H14O4S2/c1-5-3-7(11)13-9(5)15-16-10-6(2)4-8(12)14-10/h5-6,9-10H,3-4H2,1-2H3. The highest BCUT2D eigenvalue weighted by atomic mass is 33.1. The molecule has 0 aliphatic carbocycles. The van der Waals surface area contributed by atoms with Gasteiger partial charge in [0.05, 0.1) is 12.8 Å². The van der Waals surface area contributed by atoms with Crippen molar-refractivity contribution >= 4 is 33.5 Å². The topological polar surface area (TPSA) is 52.6 Å². The van der Waals surface area contributed by atoms with Crippen LogP contribution < -0.4 is 0 Å². The summed E-state index contributed by atoms with van der Waals surface area (Å²) in [4.78, 5) is 22.1.